The quantitative estimate of drug-likeness (QED) is 0.733. The highest BCUT2D eigenvalue weighted by Gasteiger charge is 2.23. The van der Waals surface area contributed by atoms with Crippen LogP contribution in [0.1, 0.15) is 29.9 Å². The zero-order valence-corrected chi connectivity index (χ0v) is 10.6. The minimum atomic E-state index is -2.90. The van der Waals surface area contributed by atoms with Gasteiger partial charge in [0.2, 0.25) is 0 Å². The number of alkyl halides is 2. The summed E-state index contributed by atoms with van der Waals surface area (Å²) in [5.41, 5.74) is 0.527. The molecule has 5 nitrogen and oxygen atoms in total. The van der Waals surface area contributed by atoms with Gasteiger partial charge in [0, 0.05) is 20.2 Å². The smallest absolute Gasteiger partial charge is 0.341 e. The van der Waals surface area contributed by atoms with E-state index in [1.807, 2.05) is 0 Å². The van der Waals surface area contributed by atoms with Crippen molar-refractivity contribution in [2.45, 2.75) is 26.4 Å². The lowest BCUT2D eigenvalue weighted by Gasteiger charge is -2.10. The molecule has 0 fully saturated rings. The molecular formula is C11H16F2N2O3. The second-order valence-electron chi connectivity index (χ2n) is 3.95. The molecule has 0 amide bonds. The van der Waals surface area contributed by atoms with Gasteiger partial charge in [0.05, 0.1) is 13.2 Å². The van der Waals surface area contributed by atoms with Crippen molar-refractivity contribution in [2.75, 3.05) is 13.2 Å². The number of esters is 1. The monoisotopic (exact) mass is 262 g/mol. The lowest BCUT2D eigenvalue weighted by Crippen LogP contribution is -2.19. The van der Waals surface area contributed by atoms with Gasteiger partial charge in [0.25, 0.3) is 5.92 Å². The summed E-state index contributed by atoms with van der Waals surface area (Å²) in [6.45, 7) is 1.81. The zero-order valence-electron chi connectivity index (χ0n) is 10.6. The number of nitrogens with zero attached hydrogens (tertiary/aromatic N) is 2. The molecule has 1 aromatic rings. The lowest BCUT2D eigenvalue weighted by molar-refractivity contribution is -0.0680. The third-order valence-electron chi connectivity index (χ3n) is 1.99. The molecule has 102 valence electrons. The molecule has 0 atom stereocenters. The Kier molecular flexibility index (Phi) is 4.77. The number of halogens is 2. The first kappa shape index (κ1) is 14.6. The van der Waals surface area contributed by atoms with Crippen LogP contribution in [0.5, 0.6) is 0 Å². The van der Waals surface area contributed by atoms with E-state index in [4.69, 9.17) is 9.47 Å². The van der Waals surface area contributed by atoms with Gasteiger partial charge in [-0.1, -0.05) is 0 Å². The molecule has 0 aromatic carbocycles. The molecule has 1 rings (SSSR count). The second-order valence-corrected chi connectivity index (χ2v) is 3.95. The van der Waals surface area contributed by atoms with Crippen molar-refractivity contribution in [1.29, 1.82) is 0 Å². The number of carbonyl (C=O) groups excluding carboxylic acids is 1. The normalized spacial score (nSPS) is 11.6. The van der Waals surface area contributed by atoms with Crippen molar-refractivity contribution in [2.24, 2.45) is 7.05 Å². The molecule has 0 spiro atoms. The van der Waals surface area contributed by atoms with Crippen LogP contribution in [0, 0.1) is 0 Å². The van der Waals surface area contributed by atoms with Crippen LogP contribution >= 0.6 is 0 Å². The predicted octanol–water partition coefficient (Wildman–Crippen LogP) is 1.77. The van der Waals surface area contributed by atoms with E-state index in [1.54, 1.807) is 14.0 Å². The summed E-state index contributed by atoms with van der Waals surface area (Å²) in [5, 5.41) is 3.98. The Morgan fingerprint density at radius 3 is 2.78 bits per heavy atom. The van der Waals surface area contributed by atoms with E-state index in [2.05, 4.69) is 5.10 Å². The number of rotatable bonds is 6. The Labute approximate surface area is 104 Å². The molecule has 0 aliphatic carbocycles. The van der Waals surface area contributed by atoms with Crippen LogP contribution in [0.15, 0.2) is 6.20 Å². The van der Waals surface area contributed by atoms with Crippen LogP contribution < -0.4 is 0 Å². The average molecular weight is 262 g/mol. The van der Waals surface area contributed by atoms with E-state index in [-0.39, 0.29) is 18.8 Å². The molecule has 0 radical (unpaired) electrons. The first-order valence-electron chi connectivity index (χ1n) is 5.48. The molecule has 0 saturated heterocycles. The van der Waals surface area contributed by atoms with E-state index in [0.717, 1.165) is 6.92 Å². The fraction of sp³-hybridized carbons (Fsp3) is 0.636. The Bertz CT molecular complexity index is 413. The van der Waals surface area contributed by atoms with Gasteiger partial charge in [0.15, 0.2) is 0 Å². The third kappa shape index (κ3) is 4.40. The topological polar surface area (TPSA) is 53.4 Å². The number of ether oxygens (including phenoxy) is 2. The van der Waals surface area contributed by atoms with E-state index in [1.165, 1.54) is 10.9 Å². The Morgan fingerprint density at radius 1 is 1.56 bits per heavy atom. The second kappa shape index (κ2) is 5.90. The van der Waals surface area contributed by atoms with Crippen molar-refractivity contribution in [3.63, 3.8) is 0 Å². The lowest BCUT2D eigenvalue weighted by atomic mass is 10.2. The molecule has 18 heavy (non-hydrogen) atoms. The molecule has 0 bridgehead atoms. The first-order valence-corrected chi connectivity index (χ1v) is 5.48. The van der Waals surface area contributed by atoms with Gasteiger partial charge in [0.1, 0.15) is 17.9 Å². The standard InChI is InChI=1S/C11H16F2N2O3/c1-4-18-10(16)8-5-15(3)14-9(8)6-17-7-11(2,12)13/h5H,4,6-7H2,1-3H3. The van der Waals surface area contributed by atoms with Crippen molar-refractivity contribution in [1.82, 2.24) is 9.78 Å². The highest BCUT2D eigenvalue weighted by Crippen LogP contribution is 2.14. The Balaban J connectivity index is 2.67. The number of hydrogen-bond acceptors (Lipinski definition) is 4. The van der Waals surface area contributed by atoms with Crippen molar-refractivity contribution in [3.8, 4) is 0 Å². The molecule has 0 unspecified atom stereocenters. The number of carbonyl (C=O) groups is 1. The molecule has 0 aliphatic rings. The SMILES string of the molecule is CCOC(=O)c1cn(C)nc1COCC(C)(F)F. The van der Waals surface area contributed by atoms with Crippen molar-refractivity contribution in [3.05, 3.63) is 17.5 Å². The molecule has 1 heterocycles. The summed E-state index contributed by atoms with van der Waals surface area (Å²) >= 11 is 0. The van der Waals surface area contributed by atoms with Crippen molar-refractivity contribution >= 4 is 5.97 Å². The summed E-state index contributed by atoms with van der Waals surface area (Å²) in [4.78, 5) is 11.6. The number of aromatic nitrogens is 2. The maximum atomic E-state index is 12.6. The van der Waals surface area contributed by atoms with Crippen LogP contribution in [0.3, 0.4) is 0 Å². The number of hydrogen-bond donors (Lipinski definition) is 0. The molecule has 1 aromatic heterocycles. The summed E-state index contributed by atoms with van der Waals surface area (Å²) in [6.07, 6.45) is 1.47. The summed E-state index contributed by atoms with van der Waals surface area (Å²) in [7, 11) is 1.63. The number of aryl methyl sites for hydroxylation is 1. The Morgan fingerprint density at radius 2 is 2.22 bits per heavy atom. The first-order chi connectivity index (χ1) is 8.33. The van der Waals surface area contributed by atoms with Gasteiger partial charge >= 0.3 is 5.97 Å². The van der Waals surface area contributed by atoms with Gasteiger partial charge in [-0.3, -0.25) is 4.68 Å². The van der Waals surface area contributed by atoms with Crippen molar-refractivity contribution < 1.29 is 23.0 Å². The summed E-state index contributed by atoms with van der Waals surface area (Å²) in [5.74, 6) is -3.44. The van der Waals surface area contributed by atoms with Gasteiger partial charge in [-0.05, 0) is 6.92 Å². The third-order valence-corrected chi connectivity index (χ3v) is 1.99. The van der Waals surface area contributed by atoms with Gasteiger partial charge in [-0.25, -0.2) is 13.6 Å². The average Bonchev–Trinajstić information content (AvgIpc) is 2.58. The highest BCUT2D eigenvalue weighted by molar-refractivity contribution is 5.90. The molecule has 7 heteroatoms. The van der Waals surface area contributed by atoms with Gasteiger partial charge < -0.3 is 9.47 Å². The maximum Gasteiger partial charge on any atom is 0.341 e. The molecule has 0 saturated carbocycles. The van der Waals surface area contributed by atoms with Crippen LogP contribution in [-0.4, -0.2) is 34.9 Å². The predicted molar refractivity (Wildman–Crippen MR) is 59.4 cm³/mol. The minimum absolute atomic E-state index is 0.154. The minimum Gasteiger partial charge on any atom is -0.462 e. The van der Waals surface area contributed by atoms with Crippen LogP contribution in [0.2, 0.25) is 0 Å². The summed E-state index contributed by atoms with van der Waals surface area (Å²) in [6, 6.07) is 0. The fourth-order valence-electron chi connectivity index (χ4n) is 1.35. The van der Waals surface area contributed by atoms with Gasteiger partial charge in [-0.15, -0.1) is 0 Å². The van der Waals surface area contributed by atoms with Crippen LogP contribution in [0.25, 0.3) is 0 Å². The molecule has 0 N–H and O–H groups in total. The van der Waals surface area contributed by atoms with E-state index >= 15 is 0 Å². The van der Waals surface area contributed by atoms with Gasteiger partial charge in [-0.2, -0.15) is 5.10 Å². The van der Waals surface area contributed by atoms with E-state index in [9.17, 15) is 13.6 Å². The Hall–Kier alpha value is -1.50. The fourth-order valence-corrected chi connectivity index (χ4v) is 1.35. The van der Waals surface area contributed by atoms with Crippen LogP contribution in [0.4, 0.5) is 8.78 Å². The van der Waals surface area contributed by atoms with Crippen LogP contribution in [-0.2, 0) is 23.1 Å². The zero-order chi connectivity index (χ0) is 13.8. The molecular weight excluding hydrogens is 246 g/mol. The molecule has 0 aliphatic heterocycles. The highest BCUT2D eigenvalue weighted by atomic mass is 19.3. The largest absolute Gasteiger partial charge is 0.462 e. The van der Waals surface area contributed by atoms with E-state index in [0.29, 0.717) is 5.69 Å². The van der Waals surface area contributed by atoms with E-state index < -0.39 is 18.5 Å². The summed E-state index contributed by atoms with van der Waals surface area (Å²) < 4.78 is 36.2. The maximum absolute atomic E-state index is 12.6.